The minimum atomic E-state index is -0.718. The molecule has 2 saturated carbocycles. The van der Waals surface area contributed by atoms with E-state index in [9.17, 15) is 9.90 Å². The van der Waals surface area contributed by atoms with E-state index < -0.39 is 5.60 Å². The van der Waals surface area contributed by atoms with Crippen molar-refractivity contribution in [1.82, 2.24) is 5.32 Å². The summed E-state index contributed by atoms with van der Waals surface area (Å²) >= 11 is 0. The average Bonchev–Trinajstić information content (AvgIpc) is 2.98. The van der Waals surface area contributed by atoms with E-state index in [0.717, 1.165) is 11.8 Å². The summed E-state index contributed by atoms with van der Waals surface area (Å²) in [6.07, 6.45) is 7.38. The van der Waals surface area contributed by atoms with Gasteiger partial charge in [-0.05, 0) is 49.9 Å². The van der Waals surface area contributed by atoms with E-state index in [-0.39, 0.29) is 5.91 Å². The van der Waals surface area contributed by atoms with Crippen LogP contribution >= 0.6 is 0 Å². The molecule has 104 valence electrons. The van der Waals surface area contributed by atoms with Gasteiger partial charge in [-0.2, -0.15) is 0 Å². The molecular weight excluding hydrogens is 226 g/mol. The molecule has 0 aliphatic heterocycles. The molecule has 3 nitrogen and oxygen atoms in total. The molecule has 1 amide bonds. The molecule has 2 fully saturated rings. The zero-order valence-electron chi connectivity index (χ0n) is 11.7. The Kier molecular flexibility index (Phi) is 4.31. The fraction of sp³-hybridized carbons (Fsp3) is 0.933. The van der Waals surface area contributed by atoms with Crippen molar-refractivity contribution >= 4 is 5.91 Å². The lowest BCUT2D eigenvalue weighted by molar-refractivity contribution is -0.123. The van der Waals surface area contributed by atoms with Gasteiger partial charge in [0.2, 0.25) is 5.91 Å². The summed E-state index contributed by atoms with van der Waals surface area (Å²) in [7, 11) is 0. The molecule has 0 spiro atoms. The van der Waals surface area contributed by atoms with Crippen molar-refractivity contribution in [3.63, 3.8) is 0 Å². The van der Waals surface area contributed by atoms with Crippen molar-refractivity contribution in [2.75, 3.05) is 6.54 Å². The fourth-order valence-corrected chi connectivity index (χ4v) is 3.70. The lowest BCUT2D eigenvalue weighted by atomic mass is 9.86. The lowest BCUT2D eigenvalue weighted by Gasteiger charge is -2.26. The Hall–Kier alpha value is -0.570. The van der Waals surface area contributed by atoms with Crippen molar-refractivity contribution in [1.29, 1.82) is 0 Å². The van der Waals surface area contributed by atoms with Crippen molar-refractivity contribution < 1.29 is 9.90 Å². The summed E-state index contributed by atoms with van der Waals surface area (Å²) in [5.74, 6) is 2.45. The maximum atomic E-state index is 11.9. The third-order valence-corrected chi connectivity index (χ3v) is 5.26. The van der Waals surface area contributed by atoms with Gasteiger partial charge in [0.1, 0.15) is 0 Å². The second-order valence-electron chi connectivity index (χ2n) is 6.35. The van der Waals surface area contributed by atoms with Gasteiger partial charge in [-0.3, -0.25) is 4.79 Å². The molecule has 2 N–H and O–H groups in total. The van der Waals surface area contributed by atoms with Crippen LogP contribution < -0.4 is 5.32 Å². The van der Waals surface area contributed by atoms with Gasteiger partial charge in [0.25, 0.3) is 0 Å². The summed E-state index contributed by atoms with van der Waals surface area (Å²) < 4.78 is 0. The van der Waals surface area contributed by atoms with E-state index in [1.54, 1.807) is 0 Å². The summed E-state index contributed by atoms with van der Waals surface area (Å²) in [5, 5.41) is 13.1. The third-order valence-electron chi connectivity index (χ3n) is 5.26. The molecular formula is C15H27NO2. The molecule has 3 atom stereocenters. The van der Waals surface area contributed by atoms with Crippen molar-refractivity contribution in [3.05, 3.63) is 0 Å². The first-order valence-electron chi connectivity index (χ1n) is 7.55. The largest absolute Gasteiger partial charge is 0.388 e. The molecule has 2 rings (SSSR count). The lowest BCUT2D eigenvalue weighted by Crippen LogP contribution is -2.42. The summed E-state index contributed by atoms with van der Waals surface area (Å²) in [5.41, 5.74) is -0.718. The quantitative estimate of drug-likeness (QED) is 0.764. The number of carbonyl (C=O) groups excluding carboxylic acids is 1. The SMILES string of the molecule is CCC(O)(CC)CNC(=O)CC1CC2CCC1C2. The maximum absolute atomic E-state index is 11.9. The van der Waals surface area contributed by atoms with E-state index in [1.807, 2.05) is 13.8 Å². The highest BCUT2D eigenvalue weighted by atomic mass is 16.3. The van der Waals surface area contributed by atoms with Crippen molar-refractivity contribution in [2.24, 2.45) is 17.8 Å². The highest BCUT2D eigenvalue weighted by Crippen LogP contribution is 2.49. The van der Waals surface area contributed by atoms with Gasteiger partial charge in [0, 0.05) is 13.0 Å². The highest BCUT2D eigenvalue weighted by molar-refractivity contribution is 5.76. The molecule has 3 heteroatoms. The number of hydrogen-bond donors (Lipinski definition) is 2. The molecule has 0 aromatic heterocycles. The number of aliphatic hydroxyl groups is 1. The first-order valence-corrected chi connectivity index (χ1v) is 7.55. The van der Waals surface area contributed by atoms with Crippen LogP contribution in [-0.4, -0.2) is 23.2 Å². The van der Waals surface area contributed by atoms with Crippen LogP contribution in [0, 0.1) is 17.8 Å². The Morgan fingerprint density at radius 2 is 2.00 bits per heavy atom. The van der Waals surface area contributed by atoms with Gasteiger partial charge in [-0.15, -0.1) is 0 Å². The smallest absolute Gasteiger partial charge is 0.220 e. The van der Waals surface area contributed by atoms with E-state index in [4.69, 9.17) is 0 Å². The van der Waals surface area contributed by atoms with Gasteiger partial charge in [-0.1, -0.05) is 20.3 Å². The minimum Gasteiger partial charge on any atom is -0.388 e. The van der Waals surface area contributed by atoms with E-state index in [1.165, 1.54) is 25.7 Å². The molecule has 18 heavy (non-hydrogen) atoms. The maximum Gasteiger partial charge on any atom is 0.220 e. The first-order chi connectivity index (χ1) is 8.56. The minimum absolute atomic E-state index is 0.132. The fourth-order valence-electron chi connectivity index (χ4n) is 3.70. The zero-order chi connectivity index (χ0) is 13.2. The second kappa shape index (κ2) is 5.60. The second-order valence-corrected chi connectivity index (χ2v) is 6.35. The predicted octanol–water partition coefficient (Wildman–Crippen LogP) is 2.48. The Bertz CT molecular complexity index is 299. The number of amides is 1. The van der Waals surface area contributed by atoms with Crippen LogP contribution in [0.25, 0.3) is 0 Å². The molecule has 2 aliphatic carbocycles. The van der Waals surface area contributed by atoms with Crippen LogP contribution in [-0.2, 0) is 4.79 Å². The number of hydrogen-bond acceptors (Lipinski definition) is 2. The predicted molar refractivity (Wildman–Crippen MR) is 72.1 cm³/mol. The molecule has 0 aromatic carbocycles. The molecule has 2 bridgehead atoms. The Morgan fingerprint density at radius 3 is 2.50 bits per heavy atom. The highest BCUT2D eigenvalue weighted by Gasteiger charge is 2.40. The van der Waals surface area contributed by atoms with Crippen molar-refractivity contribution in [3.8, 4) is 0 Å². The molecule has 0 heterocycles. The zero-order valence-corrected chi connectivity index (χ0v) is 11.7. The van der Waals surface area contributed by atoms with Gasteiger partial charge in [0.05, 0.1) is 5.60 Å². The molecule has 3 unspecified atom stereocenters. The van der Waals surface area contributed by atoms with Crippen LogP contribution in [0.15, 0.2) is 0 Å². The standard InChI is InChI=1S/C15H27NO2/c1-3-15(18,4-2)10-16-14(17)9-13-8-11-5-6-12(13)7-11/h11-13,18H,3-10H2,1-2H3,(H,16,17). The normalized spacial score (nSPS) is 30.7. The van der Waals surface area contributed by atoms with Crippen molar-refractivity contribution in [2.45, 2.75) is 64.4 Å². The molecule has 0 radical (unpaired) electrons. The van der Waals surface area contributed by atoms with Gasteiger partial charge in [-0.25, -0.2) is 0 Å². The van der Waals surface area contributed by atoms with E-state index >= 15 is 0 Å². The third kappa shape index (κ3) is 3.05. The summed E-state index contributed by atoms with van der Waals surface area (Å²) in [6, 6.07) is 0. The van der Waals surface area contributed by atoms with Crippen LogP contribution in [0.3, 0.4) is 0 Å². The van der Waals surface area contributed by atoms with E-state index in [2.05, 4.69) is 5.32 Å². The van der Waals surface area contributed by atoms with Crippen LogP contribution in [0.1, 0.15) is 58.8 Å². The van der Waals surface area contributed by atoms with Crippen LogP contribution in [0.4, 0.5) is 0 Å². The van der Waals surface area contributed by atoms with Crippen LogP contribution in [0.2, 0.25) is 0 Å². The Morgan fingerprint density at radius 1 is 1.28 bits per heavy atom. The number of carbonyl (C=O) groups is 1. The molecule has 0 aromatic rings. The van der Waals surface area contributed by atoms with E-state index in [0.29, 0.717) is 31.7 Å². The summed E-state index contributed by atoms with van der Waals surface area (Å²) in [4.78, 5) is 11.9. The van der Waals surface area contributed by atoms with Gasteiger partial charge in [0.15, 0.2) is 0 Å². The molecule has 2 aliphatic rings. The monoisotopic (exact) mass is 253 g/mol. The average molecular weight is 253 g/mol. The van der Waals surface area contributed by atoms with Gasteiger partial charge < -0.3 is 10.4 Å². The first kappa shape index (κ1) is 13.9. The van der Waals surface area contributed by atoms with Crippen LogP contribution in [0.5, 0.6) is 0 Å². The number of fused-ring (bicyclic) bond motifs is 2. The number of rotatable bonds is 6. The Balaban J connectivity index is 1.72. The Labute approximate surface area is 110 Å². The molecule has 0 saturated heterocycles. The number of nitrogens with one attached hydrogen (secondary N) is 1. The van der Waals surface area contributed by atoms with Gasteiger partial charge >= 0.3 is 0 Å². The summed E-state index contributed by atoms with van der Waals surface area (Å²) in [6.45, 7) is 4.33. The topological polar surface area (TPSA) is 49.3 Å².